The standard InChI is InChI=1S/C23H32ClN7S/c1-22(2)12-15(13-23(3,4)30-22)31(6)20(26)32-19(25)16-8-7-14(11-17(16)24)18-9-10-28-21(27-5)29-18/h7-11,15,25-26,30H,12-13H2,1-6H3,(H,27,28,29). The second kappa shape index (κ2) is 9.37. The molecule has 9 heteroatoms. The van der Waals surface area contributed by atoms with E-state index in [1.165, 1.54) is 0 Å². The number of nitrogens with zero attached hydrogens (tertiary/aromatic N) is 3. The summed E-state index contributed by atoms with van der Waals surface area (Å²) >= 11 is 7.66. The van der Waals surface area contributed by atoms with Crippen LogP contribution < -0.4 is 10.6 Å². The summed E-state index contributed by atoms with van der Waals surface area (Å²) in [6, 6.07) is 7.56. The van der Waals surface area contributed by atoms with Gasteiger partial charge in [0.05, 0.1) is 10.7 Å². The van der Waals surface area contributed by atoms with Crippen molar-refractivity contribution in [2.75, 3.05) is 19.4 Å². The Labute approximate surface area is 199 Å². The molecule has 2 heterocycles. The largest absolute Gasteiger partial charge is 0.357 e. The summed E-state index contributed by atoms with van der Waals surface area (Å²) in [5.74, 6) is 0.534. The predicted molar refractivity (Wildman–Crippen MR) is 136 cm³/mol. The Morgan fingerprint density at radius 1 is 1.19 bits per heavy atom. The third-order valence-electron chi connectivity index (χ3n) is 5.62. The summed E-state index contributed by atoms with van der Waals surface area (Å²) in [5.41, 5.74) is 2.19. The molecule has 1 aliphatic heterocycles. The molecule has 32 heavy (non-hydrogen) atoms. The van der Waals surface area contributed by atoms with Crippen molar-refractivity contribution in [1.29, 1.82) is 10.8 Å². The van der Waals surface area contributed by atoms with Crippen LogP contribution in [0.5, 0.6) is 0 Å². The van der Waals surface area contributed by atoms with Gasteiger partial charge in [-0.3, -0.25) is 10.8 Å². The van der Waals surface area contributed by atoms with Gasteiger partial charge in [-0.05, 0) is 64.4 Å². The van der Waals surface area contributed by atoms with Gasteiger partial charge in [-0.15, -0.1) is 0 Å². The number of piperidine rings is 1. The maximum absolute atomic E-state index is 8.62. The fraction of sp³-hybridized carbons (Fsp3) is 0.478. The molecule has 1 aromatic carbocycles. The number of amidine groups is 1. The van der Waals surface area contributed by atoms with Crippen LogP contribution in [-0.4, -0.2) is 56.3 Å². The molecule has 1 aliphatic rings. The Balaban J connectivity index is 1.71. The van der Waals surface area contributed by atoms with E-state index in [4.69, 9.17) is 22.4 Å². The van der Waals surface area contributed by atoms with E-state index in [0.717, 1.165) is 35.9 Å². The quantitative estimate of drug-likeness (QED) is 0.365. The third kappa shape index (κ3) is 5.79. The first kappa shape index (κ1) is 24.5. The van der Waals surface area contributed by atoms with Gasteiger partial charge >= 0.3 is 0 Å². The van der Waals surface area contributed by atoms with Gasteiger partial charge in [-0.25, -0.2) is 9.97 Å². The Kier molecular flexibility index (Phi) is 7.17. The van der Waals surface area contributed by atoms with Crippen molar-refractivity contribution in [2.45, 2.75) is 57.7 Å². The zero-order valence-electron chi connectivity index (χ0n) is 19.5. The highest BCUT2D eigenvalue weighted by atomic mass is 35.5. The summed E-state index contributed by atoms with van der Waals surface area (Å²) in [5, 5.41) is 24.9. The van der Waals surface area contributed by atoms with Crippen LogP contribution in [0.2, 0.25) is 5.02 Å². The predicted octanol–water partition coefficient (Wildman–Crippen LogP) is 5.07. The molecule has 0 unspecified atom stereocenters. The highest BCUT2D eigenvalue weighted by molar-refractivity contribution is 8.26. The van der Waals surface area contributed by atoms with Crippen molar-refractivity contribution in [1.82, 2.24) is 20.2 Å². The normalized spacial score (nSPS) is 17.6. The van der Waals surface area contributed by atoms with Crippen molar-refractivity contribution in [3.8, 4) is 11.3 Å². The molecule has 0 saturated carbocycles. The second-order valence-electron chi connectivity index (χ2n) is 9.51. The van der Waals surface area contributed by atoms with E-state index < -0.39 is 0 Å². The summed E-state index contributed by atoms with van der Waals surface area (Å²) in [4.78, 5) is 10.6. The van der Waals surface area contributed by atoms with Crippen LogP contribution in [-0.2, 0) is 0 Å². The molecule has 1 fully saturated rings. The molecule has 0 bridgehead atoms. The lowest BCUT2D eigenvalue weighted by atomic mass is 9.79. The van der Waals surface area contributed by atoms with Crippen LogP contribution in [0, 0.1) is 10.8 Å². The first-order valence-electron chi connectivity index (χ1n) is 10.6. The monoisotopic (exact) mass is 473 g/mol. The summed E-state index contributed by atoms with van der Waals surface area (Å²) in [6.07, 6.45) is 3.56. The number of hydrogen-bond acceptors (Lipinski definition) is 7. The number of rotatable bonds is 4. The Morgan fingerprint density at radius 3 is 2.44 bits per heavy atom. The van der Waals surface area contributed by atoms with Gasteiger partial charge in [0.25, 0.3) is 0 Å². The number of nitrogens with one attached hydrogen (secondary N) is 4. The summed E-state index contributed by atoms with van der Waals surface area (Å²) in [7, 11) is 3.72. The topological polar surface area (TPSA) is 101 Å². The van der Waals surface area contributed by atoms with Gasteiger partial charge in [0.15, 0.2) is 5.17 Å². The number of aromatic nitrogens is 2. The van der Waals surface area contributed by atoms with Crippen LogP contribution in [0.1, 0.15) is 46.1 Å². The number of thioether (sulfide) groups is 1. The molecule has 0 amide bonds. The maximum Gasteiger partial charge on any atom is 0.222 e. The van der Waals surface area contributed by atoms with Crippen LogP contribution in [0.15, 0.2) is 30.5 Å². The van der Waals surface area contributed by atoms with Crippen LogP contribution in [0.3, 0.4) is 0 Å². The van der Waals surface area contributed by atoms with Gasteiger partial charge in [0, 0.05) is 48.5 Å². The first-order valence-corrected chi connectivity index (χ1v) is 11.8. The van der Waals surface area contributed by atoms with E-state index in [9.17, 15) is 0 Å². The van der Waals surface area contributed by atoms with Crippen molar-refractivity contribution < 1.29 is 0 Å². The molecule has 2 aromatic rings. The fourth-order valence-corrected chi connectivity index (χ4v) is 5.54. The lowest BCUT2D eigenvalue weighted by Crippen LogP contribution is -2.62. The van der Waals surface area contributed by atoms with Gasteiger partial charge in [-0.1, -0.05) is 23.7 Å². The first-order chi connectivity index (χ1) is 14.9. The molecule has 4 N–H and O–H groups in total. The maximum atomic E-state index is 8.62. The molecule has 0 atom stereocenters. The molecule has 1 aromatic heterocycles. The third-order valence-corrected chi connectivity index (χ3v) is 6.84. The Bertz CT molecular complexity index is 1010. The van der Waals surface area contributed by atoms with E-state index in [2.05, 4.69) is 48.3 Å². The molecular formula is C23H32ClN7S. The molecule has 7 nitrogen and oxygen atoms in total. The summed E-state index contributed by atoms with van der Waals surface area (Å²) < 4.78 is 0. The minimum atomic E-state index is -0.00751. The van der Waals surface area contributed by atoms with Gasteiger partial charge in [-0.2, -0.15) is 0 Å². The van der Waals surface area contributed by atoms with Crippen LogP contribution in [0.4, 0.5) is 5.95 Å². The number of anilines is 1. The van der Waals surface area contributed by atoms with E-state index in [1.54, 1.807) is 19.3 Å². The van der Waals surface area contributed by atoms with Gasteiger partial charge in [0.1, 0.15) is 5.04 Å². The Morgan fingerprint density at radius 2 is 1.84 bits per heavy atom. The lowest BCUT2D eigenvalue weighted by Gasteiger charge is -2.49. The summed E-state index contributed by atoms with van der Waals surface area (Å²) in [6.45, 7) is 8.80. The molecule has 0 aliphatic carbocycles. The van der Waals surface area contributed by atoms with E-state index >= 15 is 0 Å². The zero-order valence-corrected chi connectivity index (χ0v) is 21.1. The zero-order chi connectivity index (χ0) is 23.7. The molecule has 0 radical (unpaired) electrons. The van der Waals surface area contributed by atoms with Crippen LogP contribution in [0.25, 0.3) is 11.3 Å². The van der Waals surface area contributed by atoms with E-state index in [1.807, 2.05) is 30.1 Å². The highest BCUT2D eigenvalue weighted by Gasteiger charge is 2.39. The Hall–Kier alpha value is -2.16. The minimum absolute atomic E-state index is 0.00751. The van der Waals surface area contributed by atoms with Crippen molar-refractivity contribution in [2.24, 2.45) is 0 Å². The van der Waals surface area contributed by atoms with Gasteiger partial charge in [0.2, 0.25) is 5.95 Å². The SMILES string of the molecule is CNc1nccc(-c2ccc(C(=N)SC(=N)N(C)C3CC(C)(C)NC(C)(C)C3)c(Cl)c2)n1. The number of benzene rings is 1. The average molecular weight is 474 g/mol. The number of halogens is 1. The average Bonchev–Trinajstić information content (AvgIpc) is 2.70. The molecular weight excluding hydrogens is 442 g/mol. The van der Waals surface area contributed by atoms with Crippen molar-refractivity contribution >= 4 is 39.5 Å². The smallest absolute Gasteiger partial charge is 0.222 e. The van der Waals surface area contributed by atoms with Gasteiger partial charge < -0.3 is 15.5 Å². The molecule has 172 valence electrons. The fourth-order valence-electron chi connectivity index (χ4n) is 4.43. The van der Waals surface area contributed by atoms with Crippen molar-refractivity contribution in [3.05, 3.63) is 41.0 Å². The highest BCUT2D eigenvalue weighted by Crippen LogP contribution is 2.33. The molecule has 3 rings (SSSR count). The van der Waals surface area contributed by atoms with Crippen LogP contribution >= 0.6 is 23.4 Å². The molecule has 1 saturated heterocycles. The van der Waals surface area contributed by atoms with E-state index in [0.29, 0.717) is 21.7 Å². The number of hydrogen-bond donors (Lipinski definition) is 4. The lowest BCUT2D eigenvalue weighted by molar-refractivity contribution is 0.114. The van der Waals surface area contributed by atoms with Crippen molar-refractivity contribution in [3.63, 3.8) is 0 Å². The van der Waals surface area contributed by atoms with E-state index in [-0.39, 0.29) is 22.2 Å². The minimum Gasteiger partial charge on any atom is -0.357 e. The second-order valence-corrected chi connectivity index (χ2v) is 10.9. The molecule has 0 spiro atoms.